The zero-order valence-corrected chi connectivity index (χ0v) is 24.2. The summed E-state index contributed by atoms with van der Waals surface area (Å²) in [6.45, 7) is 9.35. The van der Waals surface area contributed by atoms with E-state index < -0.39 is 28.5 Å². The predicted octanol–water partition coefficient (Wildman–Crippen LogP) is 5.22. The number of rotatable bonds is 12. The monoisotopic (exact) mass is 549 g/mol. The summed E-state index contributed by atoms with van der Waals surface area (Å²) in [5, 5.41) is 2.99. The minimum absolute atomic E-state index is 0.0504. The number of nitrogens with zero attached hydrogens (tertiary/aromatic N) is 2. The number of benzene rings is 3. The van der Waals surface area contributed by atoms with Gasteiger partial charge in [-0.2, -0.15) is 0 Å². The largest absolute Gasteiger partial charge is 0.352 e. The summed E-state index contributed by atoms with van der Waals surface area (Å²) in [5.41, 5.74) is 3.24. The Morgan fingerprint density at radius 3 is 1.92 bits per heavy atom. The highest BCUT2D eigenvalue weighted by Crippen LogP contribution is 2.25. The van der Waals surface area contributed by atoms with Crippen molar-refractivity contribution in [1.29, 1.82) is 0 Å². The molecule has 3 rings (SSSR count). The lowest BCUT2D eigenvalue weighted by molar-refractivity contribution is -0.140. The van der Waals surface area contributed by atoms with Crippen LogP contribution in [0.25, 0.3) is 0 Å². The summed E-state index contributed by atoms with van der Waals surface area (Å²) >= 11 is 0. The number of sulfonamides is 1. The summed E-state index contributed by atoms with van der Waals surface area (Å²) in [6, 6.07) is 22.1. The Bertz CT molecular complexity index is 1340. The highest BCUT2D eigenvalue weighted by atomic mass is 32.2. The number of para-hydroxylation sites is 1. The molecule has 0 saturated heterocycles. The zero-order valence-electron chi connectivity index (χ0n) is 23.4. The van der Waals surface area contributed by atoms with Gasteiger partial charge in [0.25, 0.3) is 10.0 Å². The molecule has 0 aromatic heterocycles. The van der Waals surface area contributed by atoms with Gasteiger partial charge in [-0.3, -0.25) is 13.9 Å². The molecule has 0 aliphatic heterocycles. The maximum Gasteiger partial charge on any atom is 0.264 e. The fourth-order valence-corrected chi connectivity index (χ4v) is 5.63. The fraction of sp³-hybridized carbons (Fsp3) is 0.355. The molecule has 0 fully saturated rings. The lowest BCUT2D eigenvalue weighted by atomic mass is 10.1. The molecule has 1 N–H and O–H groups in total. The van der Waals surface area contributed by atoms with E-state index in [0.29, 0.717) is 12.1 Å². The Labute approximate surface area is 232 Å². The molecule has 0 unspecified atom stereocenters. The van der Waals surface area contributed by atoms with Crippen molar-refractivity contribution in [2.24, 2.45) is 0 Å². The third-order valence-electron chi connectivity index (χ3n) is 6.79. The van der Waals surface area contributed by atoms with E-state index in [2.05, 4.69) is 5.32 Å². The Balaban J connectivity index is 2.02. The third-order valence-corrected chi connectivity index (χ3v) is 8.58. The average molecular weight is 550 g/mol. The van der Waals surface area contributed by atoms with E-state index in [1.165, 1.54) is 4.90 Å². The Morgan fingerprint density at radius 1 is 0.821 bits per heavy atom. The van der Waals surface area contributed by atoms with E-state index >= 15 is 0 Å². The number of aryl methyl sites for hydroxylation is 2. The minimum atomic E-state index is -4.07. The van der Waals surface area contributed by atoms with Crippen molar-refractivity contribution in [3.05, 3.63) is 95.6 Å². The lowest BCUT2D eigenvalue weighted by Gasteiger charge is -2.33. The van der Waals surface area contributed by atoms with Crippen molar-refractivity contribution < 1.29 is 18.0 Å². The number of amides is 2. The summed E-state index contributed by atoms with van der Waals surface area (Å²) < 4.78 is 28.8. The van der Waals surface area contributed by atoms with Crippen LogP contribution >= 0.6 is 0 Å². The molecule has 0 radical (unpaired) electrons. The van der Waals surface area contributed by atoms with Crippen LogP contribution in [0.2, 0.25) is 0 Å². The molecular weight excluding hydrogens is 510 g/mol. The van der Waals surface area contributed by atoms with Crippen molar-refractivity contribution >= 4 is 27.5 Å². The molecule has 0 aliphatic carbocycles. The van der Waals surface area contributed by atoms with Gasteiger partial charge >= 0.3 is 0 Å². The summed E-state index contributed by atoms with van der Waals surface area (Å²) in [7, 11) is -4.07. The smallest absolute Gasteiger partial charge is 0.264 e. The SMILES string of the molecule is CC[C@@H](C)NC(=O)[C@H](CC)N(Cc1ccc(C)cc1)C(=O)CN(c1ccccc1)S(=O)(=O)c1ccc(C)cc1. The number of hydrogen-bond acceptors (Lipinski definition) is 4. The average Bonchev–Trinajstić information content (AvgIpc) is 2.93. The minimum Gasteiger partial charge on any atom is -0.352 e. The second-order valence-electron chi connectivity index (χ2n) is 9.91. The van der Waals surface area contributed by atoms with Crippen molar-refractivity contribution in [3.8, 4) is 0 Å². The molecule has 7 nitrogen and oxygen atoms in total. The number of nitrogens with one attached hydrogen (secondary N) is 1. The van der Waals surface area contributed by atoms with Gasteiger partial charge < -0.3 is 10.2 Å². The van der Waals surface area contributed by atoms with Crippen LogP contribution in [0.5, 0.6) is 0 Å². The highest BCUT2D eigenvalue weighted by molar-refractivity contribution is 7.92. The third kappa shape index (κ3) is 7.69. The van der Waals surface area contributed by atoms with Crippen LogP contribution in [0.3, 0.4) is 0 Å². The van der Waals surface area contributed by atoms with Gasteiger partial charge in [-0.05, 0) is 63.4 Å². The predicted molar refractivity (Wildman–Crippen MR) is 156 cm³/mol. The molecule has 3 aromatic carbocycles. The topological polar surface area (TPSA) is 86.8 Å². The highest BCUT2D eigenvalue weighted by Gasteiger charge is 2.33. The number of carbonyl (C=O) groups excluding carboxylic acids is 2. The van der Waals surface area contributed by atoms with Crippen LogP contribution in [0.15, 0.2) is 83.8 Å². The maximum absolute atomic E-state index is 14.0. The quantitative estimate of drug-likeness (QED) is 0.336. The standard InChI is InChI=1S/C31H39N3O4S/c1-6-25(5)32-31(36)29(7-2)33(21-26-17-13-23(3)14-18-26)30(35)22-34(27-11-9-8-10-12-27)39(37,38)28-19-15-24(4)16-20-28/h8-20,25,29H,6-7,21-22H2,1-5H3,(H,32,36)/t25-,29+/m1/s1. The Morgan fingerprint density at radius 2 is 1.38 bits per heavy atom. The van der Waals surface area contributed by atoms with Crippen molar-refractivity contribution in [1.82, 2.24) is 10.2 Å². The van der Waals surface area contributed by atoms with Gasteiger partial charge in [-0.15, -0.1) is 0 Å². The second kappa shape index (κ2) is 13.4. The fourth-order valence-electron chi connectivity index (χ4n) is 4.21. The normalized spacial score (nSPS) is 12.8. The van der Waals surface area contributed by atoms with Gasteiger partial charge in [-0.1, -0.05) is 79.6 Å². The first kappa shape index (κ1) is 29.9. The van der Waals surface area contributed by atoms with Crippen LogP contribution in [-0.2, 0) is 26.2 Å². The molecule has 39 heavy (non-hydrogen) atoms. The van der Waals surface area contributed by atoms with Crippen LogP contribution < -0.4 is 9.62 Å². The first-order chi connectivity index (χ1) is 18.6. The van der Waals surface area contributed by atoms with E-state index in [9.17, 15) is 18.0 Å². The summed E-state index contributed by atoms with van der Waals surface area (Å²) in [6.07, 6.45) is 1.14. The molecule has 0 bridgehead atoms. The van der Waals surface area contributed by atoms with Gasteiger partial charge in [0.05, 0.1) is 10.6 Å². The van der Waals surface area contributed by atoms with Crippen molar-refractivity contribution in [3.63, 3.8) is 0 Å². The van der Waals surface area contributed by atoms with Crippen LogP contribution in [0.1, 0.15) is 50.3 Å². The maximum atomic E-state index is 14.0. The summed E-state index contributed by atoms with van der Waals surface area (Å²) in [4.78, 5) is 28.9. The van der Waals surface area contributed by atoms with Crippen molar-refractivity contribution in [2.45, 2.75) is 71.0 Å². The first-order valence-corrected chi connectivity index (χ1v) is 14.8. The van der Waals surface area contributed by atoms with E-state index in [1.54, 1.807) is 54.6 Å². The van der Waals surface area contributed by atoms with Crippen molar-refractivity contribution in [2.75, 3.05) is 10.8 Å². The first-order valence-electron chi connectivity index (χ1n) is 13.4. The summed E-state index contributed by atoms with van der Waals surface area (Å²) in [5.74, 6) is -0.707. The van der Waals surface area contributed by atoms with Gasteiger partial charge in [0, 0.05) is 12.6 Å². The molecule has 208 valence electrons. The lowest BCUT2D eigenvalue weighted by Crippen LogP contribution is -2.53. The Kier molecular flexibility index (Phi) is 10.3. The van der Waals surface area contributed by atoms with E-state index in [1.807, 2.05) is 58.9 Å². The molecule has 0 aliphatic rings. The zero-order chi connectivity index (χ0) is 28.6. The molecule has 0 heterocycles. The molecule has 3 aromatic rings. The molecular formula is C31H39N3O4S. The van der Waals surface area contributed by atoms with E-state index in [0.717, 1.165) is 27.4 Å². The second-order valence-corrected chi connectivity index (χ2v) is 11.8. The molecule has 0 spiro atoms. The van der Waals surface area contributed by atoms with Gasteiger partial charge in [0.2, 0.25) is 11.8 Å². The van der Waals surface area contributed by atoms with Crippen LogP contribution in [0, 0.1) is 13.8 Å². The Hall–Kier alpha value is -3.65. The molecule has 2 atom stereocenters. The number of carbonyl (C=O) groups is 2. The van der Waals surface area contributed by atoms with Gasteiger partial charge in [0.15, 0.2) is 0 Å². The number of anilines is 1. The van der Waals surface area contributed by atoms with E-state index in [4.69, 9.17) is 0 Å². The molecule has 2 amide bonds. The van der Waals surface area contributed by atoms with Gasteiger partial charge in [0.1, 0.15) is 12.6 Å². The number of hydrogen-bond donors (Lipinski definition) is 1. The molecule has 8 heteroatoms. The van der Waals surface area contributed by atoms with Gasteiger partial charge in [-0.25, -0.2) is 8.42 Å². The molecule has 0 saturated carbocycles. The van der Waals surface area contributed by atoms with Crippen LogP contribution in [0.4, 0.5) is 5.69 Å². The van der Waals surface area contributed by atoms with E-state index in [-0.39, 0.29) is 23.4 Å². The van der Waals surface area contributed by atoms with Crippen LogP contribution in [-0.4, -0.2) is 43.8 Å².